The van der Waals surface area contributed by atoms with E-state index in [4.69, 9.17) is 21.1 Å². The topological polar surface area (TPSA) is 122 Å². The van der Waals surface area contributed by atoms with Gasteiger partial charge in [-0.25, -0.2) is 32.2 Å². The van der Waals surface area contributed by atoms with Crippen LogP contribution in [0.4, 0.5) is 8.78 Å². The van der Waals surface area contributed by atoms with Crippen molar-refractivity contribution in [2.45, 2.75) is 18.2 Å². The average molecular weight is 549 g/mol. The Morgan fingerprint density at radius 2 is 1.95 bits per heavy atom. The second-order valence-electron chi connectivity index (χ2n) is 8.16. The largest absolute Gasteiger partial charge is 0.485 e. The molecule has 0 aliphatic carbocycles. The number of methoxy groups -OCH3 is 1. The summed E-state index contributed by atoms with van der Waals surface area (Å²) in [6, 6.07) is 3.85. The number of rotatable bonds is 7. The standard InChI is InChI=1S/C23H19ClF2N6O4S/c1-35-23-21-16(4-6-27-23)22-31-30-20(12-37(33,34)7-5-19-28-9-13(24)10-29-19)32(22)18(11-36-21)15-3-2-14(25)8-17(15)26/h2-4,6,8-10,18H,5,7,11-12H2,1H3/t18-/m1/s1. The molecule has 0 unspecified atom stereocenters. The van der Waals surface area contributed by atoms with Gasteiger partial charge in [0, 0.05) is 36.6 Å². The number of fused-ring (bicyclic) bond motifs is 3. The van der Waals surface area contributed by atoms with E-state index in [1.165, 1.54) is 36.3 Å². The van der Waals surface area contributed by atoms with E-state index < -0.39 is 33.3 Å². The van der Waals surface area contributed by atoms with Crippen LogP contribution in [0.3, 0.4) is 0 Å². The van der Waals surface area contributed by atoms with Gasteiger partial charge in [-0.15, -0.1) is 10.2 Å². The van der Waals surface area contributed by atoms with Crippen molar-refractivity contribution in [1.82, 2.24) is 29.7 Å². The van der Waals surface area contributed by atoms with Gasteiger partial charge in [-0.05, 0) is 12.1 Å². The summed E-state index contributed by atoms with van der Waals surface area (Å²) in [5.41, 5.74) is 0.512. The van der Waals surface area contributed by atoms with Crippen LogP contribution in [0, 0.1) is 11.6 Å². The zero-order valence-corrected chi connectivity index (χ0v) is 20.9. The summed E-state index contributed by atoms with van der Waals surface area (Å²) in [7, 11) is -2.32. The third kappa shape index (κ3) is 5.09. The third-order valence-electron chi connectivity index (χ3n) is 5.75. The van der Waals surface area contributed by atoms with Gasteiger partial charge in [-0.2, -0.15) is 0 Å². The van der Waals surface area contributed by atoms with E-state index in [1.807, 2.05) is 0 Å². The third-order valence-corrected chi connectivity index (χ3v) is 7.47. The van der Waals surface area contributed by atoms with Crippen LogP contribution in [-0.2, 0) is 22.0 Å². The molecule has 5 rings (SSSR count). The summed E-state index contributed by atoms with van der Waals surface area (Å²) in [5.74, 6) is -1.30. The Hall–Kier alpha value is -3.71. The molecule has 0 N–H and O–H groups in total. The average Bonchev–Trinajstić information content (AvgIpc) is 3.18. The van der Waals surface area contributed by atoms with Crippen molar-refractivity contribution in [1.29, 1.82) is 0 Å². The van der Waals surface area contributed by atoms with Gasteiger partial charge in [-0.1, -0.05) is 17.7 Å². The monoisotopic (exact) mass is 548 g/mol. The van der Waals surface area contributed by atoms with E-state index in [0.29, 0.717) is 16.4 Å². The molecule has 1 aliphatic heterocycles. The number of aromatic nitrogens is 6. The second-order valence-corrected chi connectivity index (χ2v) is 10.8. The Morgan fingerprint density at radius 1 is 1.16 bits per heavy atom. The lowest BCUT2D eigenvalue weighted by Crippen LogP contribution is -2.23. The summed E-state index contributed by atoms with van der Waals surface area (Å²) in [5, 5.41) is 8.70. The molecule has 1 aromatic carbocycles. The highest BCUT2D eigenvalue weighted by Crippen LogP contribution is 2.41. The first kappa shape index (κ1) is 25.0. The summed E-state index contributed by atoms with van der Waals surface area (Å²) < 4.78 is 67.5. The summed E-state index contributed by atoms with van der Waals surface area (Å²) in [4.78, 5) is 12.2. The summed E-state index contributed by atoms with van der Waals surface area (Å²) in [6.45, 7) is -0.145. The lowest BCUT2D eigenvalue weighted by molar-refractivity contribution is 0.258. The van der Waals surface area contributed by atoms with Crippen molar-refractivity contribution in [3.05, 3.63) is 76.7 Å². The summed E-state index contributed by atoms with van der Waals surface area (Å²) >= 11 is 5.79. The van der Waals surface area contributed by atoms with Gasteiger partial charge in [0.15, 0.2) is 21.4 Å². The lowest BCUT2D eigenvalue weighted by atomic mass is 10.1. The zero-order valence-electron chi connectivity index (χ0n) is 19.3. The number of halogens is 3. The van der Waals surface area contributed by atoms with Gasteiger partial charge >= 0.3 is 0 Å². The second kappa shape index (κ2) is 9.98. The maximum absolute atomic E-state index is 14.9. The van der Waals surface area contributed by atoms with Crippen molar-refractivity contribution in [2.24, 2.45) is 0 Å². The Kier molecular flexibility index (Phi) is 6.73. The van der Waals surface area contributed by atoms with E-state index in [1.54, 1.807) is 6.07 Å². The fraction of sp³-hybridized carbons (Fsp3) is 0.261. The molecule has 0 saturated heterocycles. The molecule has 4 aromatic rings. The van der Waals surface area contributed by atoms with Crippen LogP contribution in [0.15, 0.2) is 42.9 Å². The van der Waals surface area contributed by atoms with Crippen molar-refractivity contribution in [2.75, 3.05) is 19.5 Å². The minimum atomic E-state index is -3.74. The smallest absolute Gasteiger partial charge is 0.257 e. The predicted molar refractivity (Wildman–Crippen MR) is 128 cm³/mol. The minimum absolute atomic E-state index is 0.0608. The fourth-order valence-electron chi connectivity index (χ4n) is 4.04. The van der Waals surface area contributed by atoms with Crippen LogP contribution in [0.1, 0.15) is 23.3 Å². The molecule has 14 heteroatoms. The maximum atomic E-state index is 14.9. The van der Waals surface area contributed by atoms with E-state index in [-0.39, 0.29) is 47.6 Å². The van der Waals surface area contributed by atoms with Crippen LogP contribution in [0.5, 0.6) is 11.6 Å². The number of hydrogen-bond donors (Lipinski definition) is 0. The zero-order chi connectivity index (χ0) is 26.2. The Morgan fingerprint density at radius 3 is 2.68 bits per heavy atom. The highest BCUT2D eigenvalue weighted by molar-refractivity contribution is 7.90. The molecule has 0 radical (unpaired) electrons. The molecule has 0 spiro atoms. The van der Waals surface area contributed by atoms with Crippen LogP contribution in [0.2, 0.25) is 5.02 Å². The molecule has 0 bridgehead atoms. The number of hydrogen-bond acceptors (Lipinski definition) is 9. The Bertz CT molecular complexity index is 1570. The molecule has 10 nitrogen and oxygen atoms in total. The van der Waals surface area contributed by atoms with Gasteiger partial charge in [-0.3, -0.25) is 4.57 Å². The van der Waals surface area contributed by atoms with Crippen LogP contribution >= 0.6 is 11.6 Å². The number of aryl methyl sites for hydroxylation is 1. The molecule has 0 amide bonds. The molecular formula is C23H19ClF2N6O4S. The lowest BCUT2D eigenvalue weighted by Gasteiger charge is -2.20. The highest BCUT2D eigenvalue weighted by Gasteiger charge is 2.33. The number of sulfone groups is 1. The first-order chi connectivity index (χ1) is 17.8. The summed E-state index contributed by atoms with van der Waals surface area (Å²) in [6.07, 6.45) is 4.31. The molecule has 37 heavy (non-hydrogen) atoms. The number of benzene rings is 1. The van der Waals surface area contributed by atoms with Gasteiger partial charge in [0.25, 0.3) is 5.88 Å². The number of ether oxygens (including phenoxy) is 2. The number of nitrogens with zero attached hydrogens (tertiary/aromatic N) is 6. The minimum Gasteiger partial charge on any atom is -0.485 e. The van der Waals surface area contributed by atoms with E-state index >= 15 is 0 Å². The van der Waals surface area contributed by atoms with Crippen LogP contribution in [-0.4, -0.2) is 57.6 Å². The molecule has 0 saturated carbocycles. The normalized spacial score (nSPS) is 14.9. The Labute approximate surface area is 215 Å². The SMILES string of the molecule is COc1nccc2c1OC[C@H](c1ccc(F)cc1F)n1c(CS(=O)(=O)CCc3ncc(Cl)cn3)nnc1-2. The molecule has 3 aromatic heterocycles. The van der Waals surface area contributed by atoms with Gasteiger partial charge in [0.2, 0.25) is 0 Å². The van der Waals surface area contributed by atoms with E-state index in [9.17, 15) is 17.2 Å². The van der Waals surface area contributed by atoms with Crippen LogP contribution in [0.25, 0.3) is 11.4 Å². The first-order valence-electron chi connectivity index (χ1n) is 11.0. The van der Waals surface area contributed by atoms with Crippen molar-refractivity contribution >= 4 is 21.4 Å². The Balaban J connectivity index is 1.55. The van der Waals surface area contributed by atoms with Gasteiger partial charge in [0.05, 0.1) is 29.5 Å². The molecule has 0 fully saturated rings. The van der Waals surface area contributed by atoms with Crippen molar-refractivity contribution in [3.8, 4) is 23.0 Å². The number of pyridine rings is 1. The highest BCUT2D eigenvalue weighted by atomic mass is 35.5. The molecule has 192 valence electrons. The fourth-order valence-corrected chi connectivity index (χ4v) is 5.37. The maximum Gasteiger partial charge on any atom is 0.257 e. The first-order valence-corrected chi connectivity index (χ1v) is 13.2. The molecule has 1 atom stereocenters. The van der Waals surface area contributed by atoms with Crippen LogP contribution < -0.4 is 9.47 Å². The van der Waals surface area contributed by atoms with Crippen molar-refractivity contribution in [3.63, 3.8) is 0 Å². The van der Waals surface area contributed by atoms with Crippen molar-refractivity contribution < 1.29 is 26.7 Å². The molecule has 1 aliphatic rings. The quantitative estimate of drug-likeness (QED) is 0.342. The van der Waals surface area contributed by atoms with E-state index in [0.717, 1.165) is 12.1 Å². The van der Waals surface area contributed by atoms with Gasteiger partial charge < -0.3 is 9.47 Å². The molecular weight excluding hydrogens is 530 g/mol. The van der Waals surface area contributed by atoms with E-state index in [2.05, 4.69) is 25.1 Å². The van der Waals surface area contributed by atoms with Gasteiger partial charge in [0.1, 0.15) is 35.6 Å². The molecule has 4 heterocycles. The predicted octanol–water partition coefficient (Wildman–Crippen LogP) is 3.21.